The van der Waals surface area contributed by atoms with Gasteiger partial charge in [-0.25, -0.2) is 9.97 Å². The van der Waals surface area contributed by atoms with Gasteiger partial charge in [-0.05, 0) is 38.3 Å². The first-order chi connectivity index (χ1) is 9.33. The highest BCUT2D eigenvalue weighted by atomic mass is 15.3. The van der Waals surface area contributed by atoms with Crippen molar-refractivity contribution < 1.29 is 0 Å². The molecule has 0 saturated carbocycles. The topological polar surface area (TPSA) is 32.3 Å². The Labute approximate surface area is 123 Å². The van der Waals surface area contributed by atoms with Crippen LogP contribution in [0.1, 0.15) is 38.6 Å². The molecule has 0 unspecified atom stereocenters. The highest BCUT2D eigenvalue weighted by Gasteiger charge is 2.20. The van der Waals surface area contributed by atoms with Crippen LogP contribution in [0, 0.1) is 19.3 Å². The Hall–Kier alpha value is -1.16. The molecule has 1 saturated heterocycles. The van der Waals surface area contributed by atoms with Gasteiger partial charge in [0.2, 0.25) is 5.95 Å². The summed E-state index contributed by atoms with van der Waals surface area (Å²) in [5, 5.41) is 0. The summed E-state index contributed by atoms with van der Waals surface area (Å²) in [5.74, 6) is 0.901. The van der Waals surface area contributed by atoms with Gasteiger partial charge in [0.25, 0.3) is 0 Å². The second-order valence-corrected chi connectivity index (χ2v) is 7.09. The third kappa shape index (κ3) is 4.44. The monoisotopic (exact) mass is 276 g/mol. The van der Waals surface area contributed by atoms with Crippen LogP contribution in [-0.2, 0) is 0 Å². The summed E-state index contributed by atoms with van der Waals surface area (Å²) in [6.07, 6.45) is 1.26. The molecule has 1 aliphatic heterocycles. The van der Waals surface area contributed by atoms with E-state index in [4.69, 9.17) is 0 Å². The van der Waals surface area contributed by atoms with E-state index in [0.29, 0.717) is 5.41 Å². The van der Waals surface area contributed by atoms with Crippen molar-refractivity contribution >= 4 is 5.95 Å². The van der Waals surface area contributed by atoms with Gasteiger partial charge in [0.05, 0.1) is 0 Å². The number of aromatic nitrogens is 2. The predicted molar refractivity (Wildman–Crippen MR) is 84.2 cm³/mol. The quantitative estimate of drug-likeness (QED) is 0.849. The lowest BCUT2D eigenvalue weighted by molar-refractivity contribution is 0.216. The molecule has 1 aliphatic rings. The number of rotatable bonds is 3. The summed E-state index contributed by atoms with van der Waals surface area (Å²) in [7, 11) is 0. The third-order valence-electron chi connectivity index (χ3n) is 3.80. The van der Waals surface area contributed by atoms with Crippen LogP contribution < -0.4 is 4.90 Å². The molecule has 0 aromatic carbocycles. The Balaban J connectivity index is 1.88. The molecule has 1 fully saturated rings. The zero-order chi connectivity index (χ0) is 14.8. The summed E-state index contributed by atoms with van der Waals surface area (Å²) in [6, 6.07) is 2.03. The van der Waals surface area contributed by atoms with Gasteiger partial charge < -0.3 is 4.90 Å². The third-order valence-corrected chi connectivity index (χ3v) is 3.80. The van der Waals surface area contributed by atoms with Crippen LogP contribution in [0.4, 0.5) is 5.95 Å². The molecule has 0 spiro atoms. The van der Waals surface area contributed by atoms with Crippen LogP contribution in [0.15, 0.2) is 6.07 Å². The molecular formula is C16H28N4. The van der Waals surface area contributed by atoms with E-state index in [-0.39, 0.29) is 0 Å². The fourth-order valence-corrected chi connectivity index (χ4v) is 2.51. The fourth-order valence-electron chi connectivity index (χ4n) is 2.51. The molecule has 0 amide bonds. The minimum Gasteiger partial charge on any atom is -0.338 e. The van der Waals surface area contributed by atoms with Crippen LogP contribution in [-0.4, -0.2) is 47.6 Å². The molecule has 1 aromatic heterocycles. The van der Waals surface area contributed by atoms with Crippen molar-refractivity contribution in [2.75, 3.05) is 37.6 Å². The molecule has 0 bridgehead atoms. The Morgan fingerprint density at radius 3 is 2.05 bits per heavy atom. The molecule has 0 radical (unpaired) electrons. The second kappa shape index (κ2) is 6.08. The number of nitrogens with zero attached hydrogens (tertiary/aromatic N) is 4. The van der Waals surface area contributed by atoms with E-state index in [1.54, 1.807) is 0 Å². The van der Waals surface area contributed by atoms with E-state index in [0.717, 1.165) is 43.5 Å². The van der Waals surface area contributed by atoms with Gasteiger partial charge >= 0.3 is 0 Å². The van der Waals surface area contributed by atoms with E-state index >= 15 is 0 Å². The molecule has 20 heavy (non-hydrogen) atoms. The van der Waals surface area contributed by atoms with Gasteiger partial charge in [0.1, 0.15) is 0 Å². The number of hydrogen-bond donors (Lipinski definition) is 0. The smallest absolute Gasteiger partial charge is 0.225 e. The lowest BCUT2D eigenvalue weighted by atomic mass is 9.92. The molecule has 2 heterocycles. The number of piperazine rings is 1. The molecule has 112 valence electrons. The SMILES string of the molecule is Cc1cc(C)nc(N2CCN(CCC(C)(C)C)CC2)n1. The van der Waals surface area contributed by atoms with Crippen LogP contribution >= 0.6 is 0 Å². The number of anilines is 1. The van der Waals surface area contributed by atoms with Gasteiger partial charge in [-0.15, -0.1) is 0 Å². The molecule has 1 aromatic rings. The average molecular weight is 276 g/mol. The molecule has 0 aliphatic carbocycles. The van der Waals surface area contributed by atoms with Gasteiger partial charge in [-0.2, -0.15) is 0 Å². The summed E-state index contributed by atoms with van der Waals surface area (Å²) >= 11 is 0. The number of hydrogen-bond acceptors (Lipinski definition) is 4. The maximum Gasteiger partial charge on any atom is 0.225 e. The van der Waals surface area contributed by atoms with Crippen molar-refractivity contribution in [2.24, 2.45) is 5.41 Å². The van der Waals surface area contributed by atoms with Crippen molar-refractivity contribution in [3.63, 3.8) is 0 Å². The molecule has 0 N–H and O–H groups in total. The predicted octanol–water partition coefficient (Wildman–Crippen LogP) is 2.65. The van der Waals surface area contributed by atoms with Crippen molar-refractivity contribution in [3.05, 3.63) is 17.5 Å². The minimum absolute atomic E-state index is 0.425. The van der Waals surface area contributed by atoms with Crippen LogP contribution in [0.2, 0.25) is 0 Å². The van der Waals surface area contributed by atoms with Crippen molar-refractivity contribution in [1.29, 1.82) is 0 Å². The van der Waals surface area contributed by atoms with Crippen LogP contribution in [0.5, 0.6) is 0 Å². The highest BCUT2D eigenvalue weighted by molar-refractivity contribution is 5.32. The van der Waals surface area contributed by atoms with Gasteiger partial charge in [-0.1, -0.05) is 20.8 Å². The Kier molecular flexibility index (Phi) is 4.63. The molecule has 4 heteroatoms. The second-order valence-electron chi connectivity index (χ2n) is 7.09. The first-order valence-electron chi connectivity index (χ1n) is 7.63. The zero-order valence-electron chi connectivity index (χ0n) is 13.6. The molecular weight excluding hydrogens is 248 g/mol. The maximum atomic E-state index is 4.56. The summed E-state index contributed by atoms with van der Waals surface area (Å²) < 4.78 is 0. The van der Waals surface area contributed by atoms with Gasteiger partial charge in [0, 0.05) is 37.6 Å². The standard InChI is InChI=1S/C16H28N4/c1-13-12-14(2)18-15(17-13)20-10-8-19(9-11-20)7-6-16(3,4)5/h12H,6-11H2,1-5H3. The minimum atomic E-state index is 0.425. The first-order valence-corrected chi connectivity index (χ1v) is 7.63. The fraction of sp³-hybridized carbons (Fsp3) is 0.750. The van der Waals surface area contributed by atoms with E-state index in [9.17, 15) is 0 Å². The Morgan fingerprint density at radius 2 is 1.55 bits per heavy atom. The van der Waals surface area contributed by atoms with E-state index in [2.05, 4.69) is 40.5 Å². The lowest BCUT2D eigenvalue weighted by Crippen LogP contribution is -2.47. The Bertz CT molecular complexity index is 422. The Morgan fingerprint density at radius 1 is 1.00 bits per heavy atom. The highest BCUT2D eigenvalue weighted by Crippen LogP contribution is 2.20. The summed E-state index contributed by atoms with van der Waals surface area (Å²) in [5.41, 5.74) is 2.54. The molecule has 0 atom stereocenters. The summed E-state index contributed by atoms with van der Waals surface area (Å²) in [4.78, 5) is 14.0. The van der Waals surface area contributed by atoms with Crippen molar-refractivity contribution in [1.82, 2.24) is 14.9 Å². The first kappa shape index (κ1) is 15.2. The van der Waals surface area contributed by atoms with Crippen molar-refractivity contribution in [3.8, 4) is 0 Å². The molecule has 2 rings (SSSR count). The van der Waals surface area contributed by atoms with Gasteiger partial charge in [0.15, 0.2) is 0 Å². The zero-order valence-corrected chi connectivity index (χ0v) is 13.6. The van der Waals surface area contributed by atoms with Crippen LogP contribution in [0.25, 0.3) is 0 Å². The summed E-state index contributed by atoms with van der Waals surface area (Å²) in [6.45, 7) is 16.5. The largest absolute Gasteiger partial charge is 0.338 e. The number of aryl methyl sites for hydroxylation is 2. The van der Waals surface area contributed by atoms with E-state index in [1.807, 2.05) is 19.9 Å². The van der Waals surface area contributed by atoms with Gasteiger partial charge in [-0.3, -0.25) is 4.90 Å². The maximum absolute atomic E-state index is 4.56. The van der Waals surface area contributed by atoms with Crippen molar-refractivity contribution in [2.45, 2.75) is 41.0 Å². The average Bonchev–Trinajstić information content (AvgIpc) is 2.35. The lowest BCUT2D eigenvalue weighted by Gasteiger charge is -2.36. The van der Waals surface area contributed by atoms with E-state index < -0.39 is 0 Å². The van der Waals surface area contributed by atoms with E-state index in [1.165, 1.54) is 13.0 Å². The normalized spacial score (nSPS) is 17.6. The molecule has 4 nitrogen and oxygen atoms in total. The van der Waals surface area contributed by atoms with Crippen LogP contribution in [0.3, 0.4) is 0 Å².